The van der Waals surface area contributed by atoms with E-state index in [0.717, 1.165) is 2.88 Å². The van der Waals surface area contributed by atoms with Gasteiger partial charge in [0.05, 0.1) is 8.45 Å². The second-order valence-corrected chi connectivity index (χ2v) is 6.10. The van der Waals surface area contributed by atoms with E-state index in [2.05, 4.69) is 32.9 Å². The van der Waals surface area contributed by atoms with E-state index in [1.165, 1.54) is 29.7 Å². The van der Waals surface area contributed by atoms with Crippen molar-refractivity contribution in [3.8, 4) is 0 Å². The first-order valence-electron chi connectivity index (χ1n) is 4.81. The molecule has 0 aliphatic rings. The SMILES string of the molecule is O=C(Nc1ncccc1C(=O)O)c1csc(I)c1. The predicted molar refractivity (Wildman–Crippen MR) is 76.2 cm³/mol. The smallest absolute Gasteiger partial charge is 0.339 e. The number of rotatable bonds is 3. The van der Waals surface area contributed by atoms with Crippen LogP contribution in [0.3, 0.4) is 0 Å². The highest BCUT2D eigenvalue weighted by Gasteiger charge is 2.14. The molecular weight excluding hydrogens is 367 g/mol. The number of carboxylic acid groups (broad SMARTS) is 1. The van der Waals surface area contributed by atoms with Gasteiger partial charge < -0.3 is 10.4 Å². The van der Waals surface area contributed by atoms with Crippen LogP contribution in [0.4, 0.5) is 5.82 Å². The Morgan fingerprint density at radius 2 is 2.22 bits per heavy atom. The Kier molecular flexibility index (Phi) is 3.92. The summed E-state index contributed by atoms with van der Waals surface area (Å²) >= 11 is 3.55. The highest BCUT2D eigenvalue weighted by Crippen LogP contribution is 2.18. The van der Waals surface area contributed by atoms with Crippen molar-refractivity contribution >= 4 is 51.6 Å². The summed E-state index contributed by atoms with van der Waals surface area (Å²) in [6.07, 6.45) is 1.43. The third-order valence-corrected chi connectivity index (χ3v) is 3.89. The number of halogens is 1. The van der Waals surface area contributed by atoms with Gasteiger partial charge in [-0.2, -0.15) is 0 Å². The van der Waals surface area contributed by atoms with Crippen molar-refractivity contribution in [3.63, 3.8) is 0 Å². The van der Waals surface area contributed by atoms with Gasteiger partial charge in [0.1, 0.15) is 11.4 Å². The maximum Gasteiger partial charge on any atom is 0.339 e. The Balaban J connectivity index is 2.24. The van der Waals surface area contributed by atoms with Crippen LogP contribution in [0, 0.1) is 2.88 Å². The molecule has 92 valence electrons. The van der Waals surface area contributed by atoms with E-state index in [1.54, 1.807) is 11.4 Å². The standard InChI is InChI=1S/C11H7IN2O3S/c12-8-4-6(5-18-8)10(15)14-9-7(11(16)17)2-1-3-13-9/h1-5H,(H,16,17)(H,13,14,15). The zero-order valence-corrected chi connectivity index (χ0v) is 11.9. The average molecular weight is 374 g/mol. The fourth-order valence-electron chi connectivity index (χ4n) is 1.29. The zero-order chi connectivity index (χ0) is 13.1. The van der Waals surface area contributed by atoms with Crippen molar-refractivity contribution in [1.29, 1.82) is 0 Å². The number of pyridine rings is 1. The summed E-state index contributed by atoms with van der Waals surface area (Å²) in [5.74, 6) is -1.44. The number of anilines is 1. The number of carboxylic acids is 1. The van der Waals surface area contributed by atoms with E-state index in [0.29, 0.717) is 5.56 Å². The normalized spacial score (nSPS) is 10.1. The van der Waals surface area contributed by atoms with Crippen LogP contribution in [0.1, 0.15) is 20.7 Å². The molecule has 2 heterocycles. The van der Waals surface area contributed by atoms with Crippen molar-refractivity contribution in [3.05, 3.63) is 43.8 Å². The number of hydrogen-bond donors (Lipinski definition) is 2. The van der Waals surface area contributed by atoms with Crippen molar-refractivity contribution < 1.29 is 14.7 Å². The van der Waals surface area contributed by atoms with Gasteiger partial charge in [0.15, 0.2) is 0 Å². The molecule has 0 aliphatic heterocycles. The van der Waals surface area contributed by atoms with Crippen LogP contribution in [-0.2, 0) is 0 Å². The minimum Gasteiger partial charge on any atom is -0.478 e. The zero-order valence-electron chi connectivity index (χ0n) is 8.88. The first kappa shape index (κ1) is 13.0. The summed E-state index contributed by atoms with van der Waals surface area (Å²) in [5.41, 5.74) is 0.460. The van der Waals surface area contributed by atoms with Gasteiger partial charge >= 0.3 is 5.97 Å². The number of hydrogen-bond acceptors (Lipinski definition) is 4. The fraction of sp³-hybridized carbons (Fsp3) is 0. The molecule has 1 amide bonds. The molecule has 5 nitrogen and oxygen atoms in total. The quantitative estimate of drug-likeness (QED) is 0.810. The Hall–Kier alpha value is -1.48. The summed E-state index contributed by atoms with van der Waals surface area (Å²) in [6, 6.07) is 4.62. The van der Waals surface area contributed by atoms with Crippen LogP contribution in [0.2, 0.25) is 0 Å². The van der Waals surface area contributed by atoms with Gasteiger partial charge in [0.2, 0.25) is 0 Å². The van der Waals surface area contributed by atoms with Crippen LogP contribution in [-0.4, -0.2) is 22.0 Å². The average Bonchev–Trinajstić information content (AvgIpc) is 2.76. The van der Waals surface area contributed by atoms with Crippen molar-refractivity contribution in [1.82, 2.24) is 4.98 Å². The van der Waals surface area contributed by atoms with Crippen LogP contribution < -0.4 is 5.32 Å². The minimum absolute atomic E-state index is 0.0317. The molecule has 0 saturated heterocycles. The molecule has 18 heavy (non-hydrogen) atoms. The Labute approximate surface area is 120 Å². The molecule has 0 unspecified atom stereocenters. The molecule has 0 bridgehead atoms. The number of aromatic nitrogens is 1. The predicted octanol–water partition coefficient (Wildman–Crippen LogP) is 2.70. The molecule has 2 rings (SSSR count). The van der Waals surface area contributed by atoms with Gasteiger partial charge in [0, 0.05) is 11.6 Å². The number of amides is 1. The van der Waals surface area contributed by atoms with E-state index in [4.69, 9.17) is 5.11 Å². The summed E-state index contributed by atoms with van der Waals surface area (Å²) in [5, 5.41) is 13.2. The molecular formula is C11H7IN2O3S. The van der Waals surface area contributed by atoms with Crippen LogP contribution in [0.5, 0.6) is 0 Å². The Bertz CT molecular complexity index is 612. The molecule has 7 heteroatoms. The van der Waals surface area contributed by atoms with Gasteiger partial charge in [-0.1, -0.05) is 0 Å². The van der Waals surface area contributed by atoms with Gasteiger partial charge in [-0.3, -0.25) is 4.79 Å². The molecule has 0 spiro atoms. The van der Waals surface area contributed by atoms with Crippen LogP contribution >= 0.6 is 33.9 Å². The third kappa shape index (κ3) is 2.85. The van der Waals surface area contributed by atoms with Crippen LogP contribution in [0.15, 0.2) is 29.8 Å². The van der Waals surface area contributed by atoms with Gasteiger partial charge in [-0.05, 0) is 40.8 Å². The number of carbonyl (C=O) groups is 2. The number of nitrogens with zero attached hydrogens (tertiary/aromatic N) is 1. The van der Waals surface area contributed by atoms with Gasteiger partial charge in [-0.15, -0.1) is 11.3 Å². The third-order valence-electron chi connectivity index (χ3n) is 2.10. The lowest BCUT2D eigenvalue weighted by molar-refractivity contribution is 0.0697. The minimum atomic E-state index is -1.13. The van der Waals surface area contributed by atoms with Gasteiger partial charge in [0.25, 0.3) is 5.91 Å². The van der Waals surface area contributed by atoms with Crippen LogP contribution in [0.25, 0.3) is 0 Å². The topological polar surface area (TPSA) is 79.3 Å². The molecule has 2 aromatic rings. The number of nitrogens with one attached hydrogen (secondary N) is 1. The Morgan fingerprint density at radius 1 is 1.44 bits per heavy atom. The van der Waals surface area contributed by atoms with Crippen molar-refractivity contribution in [2.45, 2.75) is 0 Å². The van der Waals surface area contributed by atoms with E-state index in [9.17, 15) is 9.59 Å². The number of carbonyl (C=O) groups excluding carboxylic acids is 1. The molecule has 0 aliphatic carbocycles. The molecule has 0 atom stereocenters. The maximum absolute atomic E-state index is 11.9. The maximum atomic E-state index is 11.9. The first-order valence-corrected chi connectivity index (χ1v) is 6.77. The summed E-state index contributed by atoms with van der Waals surface area (Å²) in [4.78, 5) is 26.7. The highest BCUT2D eigenvalue weighted by molar-refractivity contribution is 14.1. The molecule has 2 aromatic heterocycles. The monoisotopic (exact) mass is 374 g/mol. The first-order chi connectivity index (χ1) is 8.58. The molecule has 2 N–H and O–H groups in total. The lowest BCUT2D eigenvalue weighted by atomic mass is 10.2. The molecule has 0 radical (unpaired) electrons. The molecule has 0 aromatic carbocycles. The number of aromatic carboxylic acids is 1. The van der Waals surface area contributed by atoms with Crippen molar-refractivity contribution in [2.24, 2.45) is 0 Å². The lowest BCUT2D eigenvalue weighted by Gasteiger charge is -2.05. The number of thiophene rings is 1. The highest BCUT2D eigenvalue weighted by atomic mass is 127. The second kappa shape index (κ2) is 5.44. The Morgan fingerprint density at radius 3 is 2.83 bits per heavy atom. The fourth-order valence-corrected chi connectivity index (χ4v) is 2.61. The van der Waals surface area contributed by atoms with E-state index >= 15 is 0 Å². The summed E-state index contributed by atoms with van der Waals surface area (Å²) < 4.78 is 0.984. The second-order valence-electron chi connectivity index (χ2n) is 3.30. The molecule has 0 fully saturated rings. The van der Waals surface area contributed by atoms with E-state index < -0.39 is 5.97 Å². The van der Waals surface area contributed by atoms with E-state index in [1.807, 2.05) is 0 Å². The van der Waals surface area contributed by atoms with E-state index in [-0.39, 0.29) is 17.3 Å². The largest absolute Gasteiger partial charge is 0.478 e. The summed E-state index contributed by atoms with van der Waals surface area (Å²) in [7, 11) is 0. The lowest BCUT2D eigenvalue weighted by Crippen LogP contribution is -2.15. The molecule has 0 saturated carbocycles. The van der Waals surface area contributed by atoms with Crippen molar-refractivity contribution in [2.75, 3.05) is 5.32 Å². The van der Waals surface area contributed by atoms with Gasteiger partial charge in [-0.25, -0.2) is 9.78 Å². The summed E-state index contributed by atoms with van der Waals surface area (Å²) in [6.45, 7) is 0.